The van der Waals surface area contributed by atoms with Crippen LogP contribution in [-0.2, 0) is 27.9 Å². The highest BCUT2D eigenvalue weighted by Crippen LogP contribution is 2.38. The number of aromatic nitrogens is 2. The lowest BCUT2D eigenvalue weighted by molar-refractivity contribution is -0.192. The molecular formula is C18H27F3N4O4. The lowest BCUT2D eigenvalue weighted by atomic mass is 9.86. The molecule has 0 aromatic carbocycles. The Bertz CT molecular complexity index is 710. The van der Waals surface area contributed by atoms with Crippen molar-refractivity contribution in [3.63, 3.8) is 0 Å². The van der Waals surface area contributed by atoms with Crippen molar-refractivity contribution in [3.05, 3.63) is 18.2 Å². The van der Waals surface area contributed by atoms with Gasteiger partial charge in [0.05, 0.1) is 18.7 Å². The molecule has 29 heavy (non-hydrogen) atoms. The summed E-state index contributed by atoms with van der Waals surface area (Å²) in [4.78, 5) is 30.1. The number of halogens is 3. The summed E-state index contributed by atoms with van der Waals surface area (Å²) in [6.07, 6.45) is 2.66. The van der Waals surface area contributed by atoms with Gasteiger partial charge in [-0.2, -0.15) is 13.2 Å². The SMILES string of the molecule is COCCN1C(=O)CCC12CCCN(Cc1nccn1C)C2.O=C(O)C(F)(F)F. The van der Waals surface area contributed by atoms with Gasteiger partial charge in [-0.3, -0.25) is 9.69 Å². The quantitative estimate of drug-likeness (QED) is 0.780. The van der Waals surface area contributed by atoms with Gasteiger partial charge in [0, 0.05) is 46.1 Å². The highest BCUT2D eigenvalue weighted by molar-refractivity contribution is 5.79. The van der Waals surface area contributed by atoms with Crippen molar-refractivity contribution in [2.75, 3.05) is 33.4 Å². The van der Waals surface area contributed by atoms with Crippen LogP contribution in [0.5, 0.6) is 0 Å². The molecule has 2 aliphatic heterocycles. The Hall–Kier alpha value is -2.14. The molecule has 164 valence electrons. The van der Waals surface area contributed by atoms with E-state index in [0.717, 1.165) is 44.7 Å². The third-order valence-electron chi connectivity index (χ3n) is 5.36. The average Bonchev–Trinajstić information content (AvgIpc) is 3.17. The molecule has 3 rings (SSSR count). The van der Waals surface area contributed by atoms with Gasteiger partial charge in [-0.25, -0.2) is 9.78 Å². The summed E-state index contributed by atoms with van der Waals surface area (Å²) < 4.78 is 39.0. The first-order chi connectivity index (χ1) is 13.6. The molecule has 1 aromatic rings. The molecular weight excluding hydrogens is 393 g/mol. The molecule has 3 heterocycles. The number of aryl methyl sites for hydroxylation is 1. The molecule has 1 amide bonds. The maximum atomic E-state index is 12.3. The van der Waals surface area contributed by atoms with Gasteiger partial charge in [0.1, 0.15) is 5.82 Å². The Morgan fingerprint density at radius 2 is 2.07 bits per heavy atom. The molecule has 11 heteroatoms. The van der Waals surface area contributed by atoms with Crippen molar-refractivity contribution in [1.82, 2.24) is 19.4 Å². The number of carboxylic acid groups (broad SMARTS) is 1. The number of hydrogen-bond donors (Lipinski definition) is 1. The molecule has 0 aliphatic carbocycles. The third-order valence-corrected chi connectivity index (χ3v) is 5.36. The van der Waals surface area contributed by atoms with Crippen LogP contribution in [0.3, 0.4) is 0 Å². The van der Waals surface area contributed by atoms with E-state index in [4.69, 9.17) is 14.6 Å². The van der Waals surface area contributed by atoms with Crippen LogP contribution in [0, 0.1) is 0 Å². The number of carbonyl (C=O) groups excluding carboxylic acids is 1. The second-order valence-electron chi connectivity index (χ2n) is 7.33. The first-order valence-corrected chi connectivity index (χ1v) is 9.37. The van der Waals surface area contributed by atoms with Gasteiger partial charge < -0.3 is 19.3 Å². The normalized spacial score (nSPS) is 22.7. The number of hydrogen-bond acceptors (Lipinski definition) is 5. The average molecular weight is 420 g/mol. The summed E-state index contributed by atoms with van der Waals surface area (Å²) >= 11 is 0. The van der Waals surface area contributed by atoms with Crippen LogP contribution in [0.1, 0.15) is 31.5 Å². The van der Waals surface area contributed by atoms with E-state index < -0.39 is 12.1 Å². The molecule has 1 spiro atoms. The molecule has 1 N–H and O–H groups in total. The number of imidazole rings is 1. The van der Waals surface area contributed by atoms with E-state index in [1.54, 1.807) is 7.11 Å². The van der Waals surface area contributed by atoms with E-state index >= 15 is 0 Å². The van der Waals surface area contributed by atoms with E-state index in [0.29, 0.717) is 19.6 Å². The standard InChI is InChI=1S/C16H26N4O2.C2HF3O2/c1-18-9-7-17-14(18)12-19-8-3-5-16(13-19)6-4-15(21)20(16)10-11-22-2;3-2(4,5)1(6)7/h7,9H,3-6,8,10-13H2,1-2H3;(H,6,7). The summed E-state index contributed by atoms with van der Waals surface area (Å²) in [5.74, 6) is -1.38. The topological polar surface area (TPSA) is 87.9 Å². The van der Waals surface area contributed by atoms with Crippen molar-refractivity contribution in [2.24, 2.45) is 7.05 Å². The predicted molar refractivity (Wildman–Crippen MR) is 97.0 cm³/mol. The first-order valence-electron chi connectivity index (χ1n) is 9.37. The molecule has 2 aliphatic rings. The predicted octanol–water partition coefficient (Wildman–Crippen LogP) is 1.66. The van der Waals surface area contributed by atoms with Crippen LogP contribution in [0.4, 0.5) is 13.2 Å². The number of likely N-dealkylation sites (tertiary alicyclic amines) is 2. The summed E-state index contributed by atoms with van der Waals surface area (Å²) in [5.41, 5.74) is 0.0129. The van der Waals surface area contributed by atoms with Gasteiger partial charge in [0.2, 0.25) is 5.91 Å². The third kappa shape index (κ3) is 5.92. The largest absolute Gasteiger partial charge is 0.490 e. The van der Waals surface area contributed by atoms with Crippen LogP contribution >= 0.6 is 0 Å². The van der Waals surface area contributed by atoms with E-state index in [9.17, 15) is 18.0 Å². The lowest BCUT2D eigenvalue weighted by Crippen LogP contribution is -2.57. The number of ether oxygens (including phenoxy) is 1. The smallest absolute Gasteiger partial charge is 0.475 e. The minimum absolute atomic E-state index is 0.0129. The second-order valence-corrected chi connectivity index (χ2v) is 7.33. The number of carboxylic acids is 1. The monoisotopic (exact) mass is 420 g/mol. The molecule has 8 nitrogen and oxygen atoms in total. The van der Waals surface area contributed by atoms with Gasteiger partial charge in [-0.1, -0.05) is 0 Å². The zero-order valence-electron chi connectivity index (χ0n) is 16.6. The van der Waals surface area contributed by atoms with Crippen molar-refractivity contribution >= 4 is 11.9 Å². The number of piperidine rings is 1. The molecule has 1 unspecified atom stereocenters. The first kappa shape index (κ1) is 23.1. The fourth-order valence-corrected chi connectivity index (χ4v) is 3.93. The Morgan fingerprint density at radius 3 is 2.62 bits per heavy atom. The van der Waals surface area contributed by atoms with E-state index in [-0.39, 0.29) is 11.4 Å². The second kappa shape index (κ2) is 9.57. The van der Waals surface area contributed by atoms with Gasteiger partial charge in [0.25, 0.3) is 0 Å². The number of alkyl halides is 3. The lowest BCUT2D eigenvalue weighted by Gasteiger charge is -2.45. The highest BCUT2D eigenvalue weighted by atomic mass is 19.4. The molecule has 1 atom stereocenters. The summed E-state index contributed by atoms with van der Waals surface area (Å²) in [6, 6.07) is 0. The van der Waals surface area contributed by atoms with Crippen molar-refractivity contribution < 1.29 is 32.6 Å². The van der Waals surface area contributed by atoms with Gasteiger partial charge >= 0.3 is 12.1 Å². The minimum atomic E-state index is -5.08. The van der Waals surface area contributed by atoms with Crippen LogP contribution in [0.2, 0.25) is 0 Å². The van der Waals surface area contributed by atoms with E-state index in [2.05, 4.69) is 19.4 Å². The Kier molecular flexibility index (Phi) is 7.64. The maximum absolute atomic E-state index is 12.3. The molecule has 2 saturated heterocycles. The maximum Gasteiger partial charge on any atom is 0.490 e. The molecule has 0 bridgehead atoms. The number of nitrogens with zero attached hydrogens (tertiary/aromatic N) is 4. The molecule has 2 fully saturated rings. The zero-order valence-corrected chi connectivity index (χ0v) is 16.6. The summed E-state index contributed by atoms with van der Waals surface area (Å²) in [5, 5.41) is 7.12. The Labute approximate surface area is 167 Å². The van der Waals surface area contributed by atoms with Crippen molar-refractivity contribution in [2.45, 2.75) is 43.9 Å². The van der Waals surface area contributed by atoms with Crippen LogP contribution in [-0.4, -0.2) is 81.4 Å². The molecule has 0 radical (unpaired) electrons. The van der Waals surface area contributed by atoms with Crippen LogP contribution < -0.4 is 0 Å². The molecule has 1 aromatic heterocycles. The Morgan fingerprint density at radius 1 is 1.38 bits per heavy atom. The minimum Gasteiger partial charge on any atom is -0.475 e. The van der Waals surface area contributed by atoms with Gasteiger partial charge in [-0.05, 0) is 25.8 Å². The highest BCUT2D eigenvalue weighted by Gasteiger charge is 2.47. The van der Waals surface area contributed by atoms with Gasteiger partial charge in [0.15, 0.2) is 0 Å². The summed E-state index contributed by atoms with van der Waals surface area (Å²) in [6.45, 7) is 4.23. The number of carbonyl (C=O) groups is 2. The van der Waals surface area contributed by atoms with Crippen LogP contribution in [0.15, 0.2) is 12.4 Å². The number of aliphatic carboxylic acids is 1. The zero-order chi connectivity index (χ0) is 21.7. The number of amides is 1. The fourth-order valence-electron chi connectivity index (χ4n) is 3.93. The fraction of sp³-hybridized carbons (Fsp3) is 0.722. The summed E-state index contributed by atoms with van der Waals surface area (Å²) in [7, 11) is 3.73. The van der Waals surface area contributed by atoms with Gasteiger partial charge in [-0.15, -0.1) is 0 Å². The number of rotatable bonds is 5. The number of methoxy groups -OCH3 is 1. The molecule has 0 saturated carbocycles. The Balaban J connectivity index is 0.000000370. The van der Waals surface area contributed by atoms with E-state index in [1.165, 1.54) is 0 Å². The van der Waals surface area contributed by atoms with Crippen molar-refractivity contribution in [1.29, 1.82) is 0 Å². The van der Waals surface area contributed by atoms with Crippen molar-refractivity contribution in [3.8, 4) is 0 Å². The van der Waals surface area contributed by atoms with Crippen LogP contribution in [0.25, 0.3) is 0 Å². The van der Waals surface area contributed by atoms with E-state index in [1.807, 2.05) is 19.4 Å².